The summed E-state index contributed by atoms with van der Waals surface area (Å²) >= 11 is 1.74. The second-order valence-corrected chi connectivity index (χ2v) is 19.9. The summed E-state index contributed by atoms with van der Waals surface area (Å²) in [7, 11) is 0. The number of aryl methyl sites for hydroxylation is 2. The Morgan fingerprint density at radius 3 is 1.31 bits per heavy atom. The van der Waals surface area contributed by atoms with Crippen LogP contribution in [-0.2, 0) is 36.2 Å². The minimum atomic E-state index is 0. The molecular formula is C38H40Cl2SiZr-2. The third-order valence-corrected chi connectivity index (χ3v) is 7.22. The minimum Gasteiger partial charge on any atom is -1.00 e. The van der Waals surface area contributed by atoms with Crippen LogP contribution in [0, 0.1) is 0 Å². The van der Waals surface area contributed by atoms with E-state index < -0.39 is 0 Å². The summed E-state index contributed by atoms with van der Waals surface area (Å²) in [4.78, 5) is 0. The zero-order chi connectivity index (χ0) is 28.3. The van der Waals surface area contributed by atoms with Gasteiger partial charge in [-0.05, 0) is 35.8 Å². The van der Waals surface area contributed by atoms with Crippen molar-refractivity contribution in [3.8, 4) is 0 Å². The predicted octanol–water partition coefficient (Wildman–Crippen LogP) is 4.16. The molecule has 4 aromatic rings. The molecule has 2 aliphatic carbocycles. The fourth-order valence-corrected chi connectivity index (χ4v) is 5.23. The Kier molecular flexibility index (Phi) is 15.8. The molecule has 4 aromatic carbocycles. The molecule has 4 heteroatoms. The third kappa shape index (κ3) is 9.92. The predicted molar refractivity (Wildman–Crippen MR) is 173 cm³/mol. The van der Waals surface area contributed by atoms with Crippen LogP contribution in [0.1, 0.15) is 70.2 Å². The van der Waals surface area contributed by atoms with Crippen molar-refractivity contribution in [2.24, 2.45) is 0 Å². The van der Waals surface area contributed by atoms with Gasteiger partial charge in [0.1, 0.15) is 0 Å². The largest absolute Gasteiger partial charge is 1.00 e. The second kappa shape index (κ2) is 18.4. The molecule has 6 rings (SSSR count). The zero-order valence-electron chi connectivity index (χ0n) is 25.0. The van der Waals surface area contributed by atoms with Crippen LogP contribution < -0.4 is 24.8 Å². The molecule has 0 saturated carbocycles. The van der Waals surface area contributed by atoms with Gasteiger partial charge < -0.3 is 24.8 Å². The Labute approximate surface area is 281 Å². The number of allylic oxidation sites excluding steroid dienone is 6. The second-order valence-electron chi connectivity index (χ2n) is 10.5. The minimum absolute atomic E-state index is 0. The van der Waals surface area contributed by atoms with Crippen LogP contribution >= 0.6 is 0 Å². The molecule has 0 aromatic heterocycles. The maximum absolute atomic E-state index is 2.35. The Balaban J connectivity index is 0.000000250. The number of benzene rings is 2. The first-order valence-electron chi connectivity index (χ1n) is 14.4. The Hall–Kier alpha value is -2.22. The van der Waals surface area contributed by atoms with Gasteiger partial charge in [0.05, 0.1) is 0 Å². The summed E-state index contributed by atoms with van der Waals surface area (Å²) in [5.74, 6) is 0.771. The molecule has 2 unspecified atom stereocenters. The molecular weight excluding hydrogens is 647 g/mol. The Bertz CT molecular complexity index is 1390. The van der Waals surface area contributed by atoms with Gasteiger partial charge in [-0.2, -0.15) is 34.4 Å². The number of fused-ring (bicyclic) bond motifs is 2. The molecule has 0 spiro atoms. The van der Waals surface area contributed by atoms with Crippen LogP contribution in [0.4, 0.5) is 0 Å². The topological polar surface area (TPSA) is 0 Å². The van der Waals surface area contributed by atoms with Gasteiger partial charge in [0.25, 0.3) is 0 Å². The molecule has 216 valence electrons. The maximum Gasteiger partial charge on any atom is -1.00 e. The van der Waals surface area contributed by atoms with Crippen molar-refractivity contribution in [1.29, 1.82) is 0 Å². The van der Waals surface area contributed by atoms with E-state index in [0.717, 1.165) is 12.8 Å². The Morgan fingerprint density at radius 1 is 0.619 bits per heavy atom. The van der Waals surface area contributed by atoms with Gasteiger partial charge in [0.15, 0.2) is 0 Å². The van der Waals surface area contributed by atoms with E-state index in [1.54, 1.807) is 23.3 Å². The zero-order valence-corrected chi connectivity index (χ0v) is 30.0. The summed E-state index contributed by atoms with van der Waals surface area (Å²) in [6, 6.07) is 30.8. The van der Waals surface area contributed by atoms with Crippen molar-refractivity contribution < 1.29 is 48.1 Å². The monoisotopic (exact) mass is 684 g/mol. The third-order valence-electron chi connectivity index (χ3n) is 7.22. The van der Waals surface area contributed by atoms with Crippen molar-refractivity contribution in [3.63, 3.8) is 0 Å². The molecule has 0 aliphatic heterocycles. The molecule has 0 bridgehead atoms. The average molecular weight is 687 g/mol. The maximum atomic E-state index is 2.35. The summed E-state index contributed by atoms with van der Waals surface area (Å²) in [6.45, 7) is 9.05. The molecule has 0 amide bonds. The van der Waals surface area contributed by atoms with E-state index in [-0.39, 0.29) is 30.2 Å². The van der Waals surface area contributed by atoms with Crippen molar-refractivity contribution in [2.75, 3.05) is 0 Å². The smallest absolute Gasteiger partial charge is 1.00 e. The first-order valence-corrected chi connectivity index (χ1v) is 20.6. The molecule has 0 heterocycles. The van der Waals surface area contributed by atoms with Crippen LogP contribution in [-0.4, -0.2) is 5.43 Å². The first-order chi connectivity index (χ1) is 19.5. The van der Waals surface area contributed by atoms with E-state index >= 15 is 0 Å². The number of hydrogen-bond acceptors (Lipinski definition) is 0. The van der Waals surface area contributed by atoms with Crippen LogP contribution in [0.2, 0.25) is 13.1 Å². The molecule has 0 nitrogen and oxygen atoms in total. The van der Waals surface area contributed by atoms with Crippen LogP contribution in [0.3, 0.4) is 0 Å². The van der Waals surface area contributed by atoms with E-state index in [4.69, 9.17) is 0 Å². The van der Waals surface area contributed by atoms with Gasteiger partial charge in [0.2, 0.25) is 0 Å². The van der Waals surface area contributed by atoms with Gasteiger partial charge in [-0.3, -0.25) is 0 Å². The van der Waals surface area contributed by atoms with Gasteiger partial charge in [0, 0.05) is 0 Å². The molecule has 2 aliphatic rings. The number of rotatable bonds is 4. The Morgan fingerprint density at radius 2 is 0.976 bits per heavy atom. The van der Waals surface area contributed by atoms with E-state index in [2.05, 4.69) is 160 Å². The number of hydrogen-bond donors (Lipinski definition) is 0. The van der Waals surface area contributed by atoms with Crippen molar-refractivity contribution in [1.82, 2.24) is 0 Å². The van der Waals surface area contributed by atoms with Crippen LogP contribution in [0.25, 0.3) is 12.2 Å². The van der Waals surface area contributed by atoms with Crippen LogP contribution in [0.5, 0.6) is 0 Å². The average Bonchev–Trinajstić information content (AvgIpc) is 3.45. The standard InChI is InChI=1S/2C18H17.C2H6Si.2ClH.Zr/c2*1-2-14-12-16-10-6-7-11-17(18(16)13-14)15-8-4-3-5-9-15;1-3-2;;;/h2*3-13,17H,2H2,1H3;1-2H3;2*1H;/q2*-1;;;;+2/p-2. The first kappa shape index (κ1) is 36.0. The molecule has 0 fully saturated rings. The van der Waals surface area contributed by atoms with Gasteiger partial charge in [-0.15, -0.1) is 47.6 Å². The summed E-state index contributed by atoms with van der Waals surface area (Å²) in [5.41, 5.74) is 11.4. The molecule has 0 saturated heterocycles. The summed E-state index contributed by atoms with van der Waals surface area (Å²) in [6.07, 6.45) is 19.8. The van der Waals surface area contributed by atoms with Crippen LogP contribution in [0.15, 0.2) is 121 Å². The van der Waals surface area contributed by atoms with Crippen molar-refractivity contribution >= 4 is 17.6 Å². The number of halogens is 2. The van der Waals surface area contributed by atoms with Gasteiger partial charge >= 0.3 is 41.9 Å². The van der Waals surface area contributed by atoms with E-state index in [1.807, 2.05) is 0 Å². The van der Waals surface area contributed by atoms with E-state index in [0.29, 0.717) is 11.8 Å². The van der Waals surface area contributed by atoms with E-state index in [1.165, 1.54) is 44.5 Å². The summed E-state index contributed by atoms with van der Waals surface area (Å²) in [5, 5.41) is 0. The van der Waals surface area contributed by atoms with Gasteiger partial charge in [-0.1, -0.05) is 98.8 Å². The molecule has 42 heavy (non-hydrogen) atoms. The van der Waals surface area contributed by atoms with Crippen molar-refractivity contribution in [3.05, 3.63) is 166 Å². The normalized spacial score (nSPS) is 15.7. The quantitative estimate of drug-likeness (QED) is 0.224. The van der Waals surface area contributed by atoms with Gasteiger partial charge in [-0.25, -0.2) is 0 Å². The van der Waals surface area contributed by atoms with E-state index in [9.17, 15) is 0 Å². The SMILES string of the molecule is CCc1cc2c([cH-]1)C=CC=CC2c1ccccc1.CCc1cc2c([cH-]1)C=CC=CC2c1ccccc1.C[Si](C)=[Zr+2].[Cl-].[Cl-]. The fourth-order valence-electron chi connectivity index (χ4n) is 5.23. The fraction of sp³-hybridized carbons (Fsp3) is 0.211. The molecule has 0 radical (unpaired) electrons. The summed E-state index contributed by atoms with van der Waals surface area (Å²) < 4.78 is 0. The molecule has 0 N–H and O–H groups in total. The molecule has 2 atom stereocenters. The van der Waals surface area contributed by atoms with Crippen molar-refractivity contribution in [2.45, 2.75) is 51.6 Å².